The fourth-order valence-electron chi connectivity index (χ4n) is 3.72. The van der Waals surface area contributed by atoms with Crippen LogP contribution >= 0.6 is 0 Å². The maximum Gasteiger partial charge on any atom is 0.433 e. The third-order valence-corrected chi connectivity index (χ3v) is 5.20. The van der Waals surface area contributed by atoms with Crippen LogP contribution in [0.15, 0.2) is 45.6 Å². The highest BCUT2D eigenvalue weighted by Gasteiger charge is 2.39. The summed E-state index contributed by atoms with van der Waals surface area (Å²) in [6.07, 6.45) is 0.885. The van der Waals surface area contributed by atoms with Gasteiger partial charge in [-0.05, 0) is 12.5 Å². The monoisotopic (exact) mass is 498 g/mol. The highest BCUT2D eigenvalue weighted by molar-refractivity contribution is 5.82. The van der Waals surface area contributed by atoms with Crippen LogP contribution in [0.1, 0.15) is 22.8 Å². The summed E-state index contributed by atoms with van der Waals surface area (Å²) in [5, 5.41) is 11.5. The molecule has 0 spiro atoms. The molecule has 0 saturated carbocycles. The normalized spacial score (nSPS) is 12.1. The Morgan fingerprint density at radius 2 is 1.97 bits per heavy atom. The van der Waals surface area contributed by atoms with E-state index in [1.165, 1.54) is 44.4 Å². The number of allylic oxidation sites excluding steroid dienone is 1. The van der Waals surface area contributed by atoms with Crippen LogP contribution in [-0.4, -0.2) is 37.8 Å². The lowest BCUT2D eigenvalue weighted by atomic mass is 10.1. The Labute approximate surface area is 200 Å². The third-order valence-electron chi connectivity index (χ3n) is 5.20. The van der Waals surface area contributed by atoms with Gasteiger partial charge in [0.25, 0.3) is 5.56 Å². The molecule has 3 heterocycles. The molecular formula is C24H17F3N4O5. The van der Waals surface area contributed by atoms with Gasteiger partial charge in [-0.1, -0.05) is 36.3 Å². The molecule has 0 radical (unpaired) electrons. The molecule has 0 unspecified atom stereocenters. The molecule has 0 bridgehead atoms. The molecule has 0 fully saturated rings. The van der Waals surface area contributed by atoms with E-state index in [1.807, 2.05) is 0 Å². The van der Waals surface area contributed by atoms with E-state index in [2.05, 4.69) is 21.0 Å². The SMILES string of the molecule is C#C/C=C(/OC)c1nc(-c2c(CC(=O)O)nc3c(-c4ccccc4)c(C(F)(F)F)[nH]n3c2=O)oc1C. The highest BCUT2D eigenvalue weighted by atomic mass is 19.4. The van der Waals surface area contributed by atoms with E-state index < -0.39 is 46.6 Å². The first kappa shape index (κ1) is 24.3. The molecule has 0 saturated heterocycles. The number of nitrogens with one attached hydrogen (secondary N) is 1. The predicted molar refractivity (Wildman–Crippen MR) is 122 cm³/mol. The number of ether oxygens (including phenoxy) is 1. The van der Waals surface area contributed by atoms with Gasteiger partial charge in [-0.2, -0.15) is 17.7 Å². The summed E-state index contributed by atoms with van der Waals surface area (Å²) in [4.78, 5) is 33.5. The number of halogens is 3. The Morgan fingerprint density at radius 3 is 2.56 bits per heavy atom. The van der Waals surface area contributed by atoms with Crippen molar-refractivity contribution >= 4 is 17.4 Å². The first-order chi connectivity index (χ1) is 17.1. The fourth-order valence-corrected chi connectivity index (χ4v) is 3.72. The second-order valence-electron chi connectivity index (χ2n) is 7.50. The molecule has 184 valence electrons. The molecule has 9 nitrogen and oxygen atoms in total. The van der Waals surface area contributed by atoms with E-state index in [-0.39, 0.29) is 34.4 Å². The number of aliphatic carboxylic acids is 1. The number of oxazole rings is 1. The molecule has 0 aliphatic rings. The summed E-state index contributed by atoms with van der Waals surface area (Å²) in [5.74, 6) is 0.852. The Hall–Kier alpha value is -4.79. The molecule has 12 heteroatoms. The number of terminal acetylenes is 1. The lowest BCUT2D eigenvalue weighted by Gasteiger charge is -2.07. The number of methoxy groups -OCH3 is 1. The summed E-state index contributed by atoms with van der Waals surface area (Å²) in [5.41, 5.74) is -3.55. The van der Waals surface area contributed by atoms with Crippen LogP contribution in [0.3, 0.4) is 0 Å². The minimum Gasteiger partial charge on any atom is -0.494 e. The largest absolute Gasteiger partial charge is 0.494 e. The minimum absolute atomic E-state index is 0.128. The van der Waals surface area contributed by atoms with Gasteiger partial charge in [0.2, 0.25) is 5.89 Å². The number of benzene rings is 1. The maximum atomic E-state index is 14.0. The Morgan fingerprint density at radius 1 is 1.28 bits per heavy atom. The summed E-state index contributed by atoms with van der Waals surface area (Å²) >= 11 is 0. The molecule has 36 heavy (non-hydrogen) atoms. The number of H-pyrrole nitrogens is 1. The molecule has 0 amide bonds. The summed E-state index contributed by atoms with van der Waals surface area (Å²) < 4.78 is 53.2. The van der Waals surface area contributed by atoms with E-state index in [4.69, 9.17) is 15.6 Å². The summed E-state index contributed by atoms with van der Waals surface area (Å²) in [6.45, 7) is 1.50. The lowest BCUT2D eigenvalue weighted by Crippen LogP contribution is -2.22. The summed E-state index contributed by atoms with van der Waals surface area (Å²) in [6, 6.07) is 7.51. The number of aromatic nitrogens is 4. The average Bonchev–Trinajstić information content (AvgIpc) is 3.39. The van der Waals surface area contributed by atoms with Gasteiger partial charge in [0.05, 0.1) is 24.8 Å². The van der Waals surface area contributed by atoms with Gasteiger partial charge < -0.3 is 14.3 Å². The van der Waals surface area contributed by atoms with Gasteiger partial charge in [0, 0.05) is 6.08 Å². The van der Waals surface area contributed by atoms with Gasteiger partial charge in [-0.15, -0.1) is 6.42 Å². The number of rotatable bonds is 6. The van der Waals surface area contributed by atoms with Crippen molar-refractivity contribution in [1.82, 2.24) is 19.6 Å². The molecule has 1 aromatic carbocycles. The first-order valence-corrected chi connectivity index (χ1v) is 10.3. The number of carboxylic acids is 1. The zero-order valence-electron chi connectivity index (χ0n) is 18.8. The van der Waals surface area contributed by atoms with Gasteiger partial charge in [0.15, 0.2) is 11.4 Å². The number of aryl methyl sites for hydroxylation is 1. The van der Waals surface area contributed by atoms with Gasteiger partial charge in [-0.3, -0.25) is 14.7 Å². The zero-order valence-corrected chi connectivity index (χ0v) is 18.8. The van der Waals surface area contributed by atoms with Crippen molar-refractivity contribution < 1.29 is 32.2 Å². The molecule has 2 N–H and O–H groups in total. The highest BCUT2D eigenvalue weighted by Crippen LogP contribution is 2.38. The van der Waals surface area contributed by atoms with Crippen LogP contribution in [-0.2, 0) is 22.1 Å². The van der Waals surface area contributed by atoms with Crippen LogP contribution < -0.4 is 5.56 Å². The molecular weight excluding hydrogens is 481 g/mol. The quantitative estimate of drug-likeness (QED) is 0.305. The number of alkyl halides is 3. The number of fused-ring (bicyclic) bond motifs is 1. The number of nitrogens with zero attached hydrogens (tertiary/aromatic N) is 3. The van der Waals surface area contributed by atoms with Crippen molar-refractivity contribution in [3.05, 3.63) is 69.6 Å². The molecule has 4 aromatic rings. The fraction of sp³-hybridized carbons (Fsp3) is 0.167. The molecule has 4 rings (SSSR count). The molecule has 0 atom stereocenters. The molecule has 3 aromatic heterocycles. The smallest absolute Gasteiger partial charge is 0.433 e. The van der Waals surface area contributed by atoms with E-state index in [0.717, 1.165) is 0 Å². The van der Waals surface area contributed by atoms with Gasteiger partial charge >= 0.3 is 12.1 Å². The van der Waals surface area contributed by atoms with Crippen molar-refractivity contribution in [2.75, 3.05) is 7.11 Å². The molecule has 0 aliphatic heterocycles. The van der Waals surface area contributed by atoms with E-state index >= 15 is 0 Å². The zero-order chi connectivity index (χ0) is 26.2. The van der Waals surface area contributed by atoms with E-state index in [0.29, 0.717) is 4.52 Å². The van der Waals surface area contributed by atoms with Gasteiger partial charge in [0.1, 0.15) is 22.7 Å². The number of carbonyl (C=O) groups is 1. The maximum absolute atomic E-state index is 14.0. The Bertz CT molecular complexity index is 1610. The van der Waals surface area contributed by atoms with Crippen molar-refractivity contribution in [2.24, 2.45) is 0 Å². The number of hydrogen-bond donors (Lipinski definition) is 2. The van der Waals surface area contributed by atoms with Crippen LogP contribution in [0.5, 0.6) is 0 Å². The Balaban J connectivity index is 2.08. The van der Waals surface area contributed by atoms with Crippen molar-refractivity contribution in [1.29, 1.82) is 0 Å². The van der Waals surface area contributed by atoms with Gasteiger partial charge in [-0.25, -0.2) is 9.97 Å². The summed E-state index contributed by atoms with van der Waals surface area (Å²) in [7, 11) is 1.33. The van der Waals surface area contributed by atoms with Crippen LogP contribution in [0.4, 0.5) is 13.2 Å². The van der Waals surface area contributed by atoms with Crippen molar-refractivity contribution in [2.45, 2.75) is 19.5 Å². The molecule has 0 aliphatic carbocycles. The Kier molecular flexibility index (Phi) is 6.15. The van der Waals surface area contributed by atoms with Crippen LogP contribution in [0.25, 0.3) is 34.0 Å². The second kappa shape index (κ2) is 9.10. The third kappa shape index (κ3) is 4.22. The van der Waals surface area contributed by atoms with Crippen LogP contribution in [0.2, 0.25) is 0 Å². The number of carboxylic acid groups (broad SMARTS) is 1. The van der Waals surface area contributed by atoms with Crippen molar-refractivity contribution in [3.63, 3.8) is 0 Å². The minimum atomic E-state index is -4.88. The van der Waals surface area contributed by atoms with E-state index in [1.54, 1.807) is 6.07 Å². The number of hydrogen-bond acceptors (Lipinski definition) is 6. The standard InChI is InChI=1S/C24H17F3N4O5/c1-4-8-15(35-3)19-12(2)36-22(29-19)18-14(11-16(32)33)28-21-17(13-9-6-5-7-10-13)20(24(25,26)27)30-31(21)23(18)34/h1,5-10,30H,11H2,2-3H3,(H,32,33)/b15-8+. The lowest BCUT2D eigenvalue weighted by molar-refractivity contribution is -0.141. The van der Waals surface area contributed by atoms with Crippen molar-refractivity contribution in [3.8, 4) is 34.9 Å². The average molecular weight is 498 g/mol. The van der Waals surface area contributed by atoms with E-state index in [9.17, 15) is 27.9 Å². The predicted octanol–water partition coefficient (Wildman–Crippen LogP) is 3.92. The van der Waals surface area contributed by atoms with Crippen LogP contribution in [0, 0.1) is 19.3 Å². The number of aromatic amines is 1. The second-order valence-corrected chi connectivity index (χ2v) is 7.50. The first-order valence-electron chi connectivity index (χ1n) is 10.3. The topological polar surface area (TPSA) is 123 Å².